The second-order valence-electron chi connectivity index (χ2n) is 8.68. The molecule has 9 nitrogen and oxygen atoms in total. The number of furan rings is 1. The molecule has 1 aromatic carbocycles. The summed E-state index contributed by atoms with van der Waals surface area (Å²) >= 11 is 0. The zero-order valence-electron chi connectivity index (χ0n) is 18.0. The average Bonchev–Trinajstić information content (AvgIpc) is 3.41. The molecule has 3 fully saturated rings. The summed E-state index contributed by atoms with van der Waals surface area (Å²) in [6, 6.07) is 13.4. The molecular formula is C24H25N4O5+. The highest BCUT2D eigenvalue weighted by atomic mass is 16.6. The fourth-order valence-electron chi connectivity index (χ4n) is 4.92. The highest BCUT2D eigenvalue weighted by Crippen LogP contribution is 2.38. The Labute approximate surface area is 190 Å². The quantitative estimate of drug-likeness (QED) is 0.455. The molecule has 5 heterocycles. The van der Waals surface area contributed by atoms with Gasteiger partial charge in [0.05, 0.1) is 25.6 Å². The molecule has 0 radical (unpaired) electrons. The van der Waals surface area contributed by atoms with Crippen molar-refractivity contribution in [3.05, 3.63) is 78.4 Å². The molecule has 3 aliphatic rings. The Balaban J connectivity index is 1.37. The summed E-state index contributed by atoms with van der Waals surface area (Å²) in [7, 11) is 0. The fraction of sp³-hybridized carbons (Fsp3) is 0.333. The van der Waals surface area contributed by atoms with E-state index in [-0.39, 0.29) is 16.4 Å². The van der Waals surface area contributed by atoms with Crippen LogP contribution in [0.3, 0.4) is 0 Å². The van der Waals surface area contributed by atoms with Gasteiger partial charge < -0.3 is 14.3 Å². The maximum Gasteiger partial charge on any atom is 0.422 e. The van der Waals surface area contributed by atoms with Crippen LogP contribution in [0, 0.1) is 5.92 Å². The maximum atomic E-state index is 13.4. The lowest BCUT2D eigenvalue weighted by Gasteiger charge is -2.49. The van der Waals surface area contributed by atoms with Crippen molar-refractivity contribution in [2.24, 2.45) is 5.92 Å². The van der Waals surface area contributed by atoms with Gasteiger partial charge in [-0.2, -0.15) is 5.10 Å². The standard InChI is InChI=1S/C24H24N4O5/c29-22(24(31,19-10-14-32-16-19)18-5-2-1-3-6-18)33-20-15-28(12-8-17(20)9-13-28)23(30)26-21-7-4-11-25-27-21/h1-7,10-11,14,16-17,20,31H,8-9,12-13,15H2/p+1/t17?,20-,24?,28?/m0/s1. The first-order valence-electron chi connectivity index (χ1n) is 11.0. The van der Waals surface area contributed by atoms with Crippen molar-refractivity contribution in [3.8, 4) is 0 Å². The van der Waals surface area contributed by atoms with E-state index in [9.17, 15) is 14.7 Å². The third-order valence-corrected chi connectivity index (χ3v) is 6.83. The molecule has 2 bridgehead atoms. The molecule has 0 aliphatic carbocycles. The van der Waals surface area contributed by atoms with Gasteiger partial charge in [-0.1, -0.05) is 30.3 Å². The van der Waals surface area contributed by atoms with Crippen LogP contribution < -0.4 is 5.32 Å². The summed E-state index contributed by atoms with van der Waals surface area (Å²) < 4.78 is 11.2. The SMILES string of the molecule is O=C(O[C@H]1C[N+]2(C(=O)Nc3cccnn3)CCC1CC2)C(O)(c1ccccc1)c1ccoc1. The van der Waals surface area contributed by atoms with E-state index in [0.29, 0.717) is 36.6 Å². The third kappa shape index (κ3) is 3.79. The second kappa shape index (κ2) is 8.42. The van der Waals surface area contributed by atoms with Crippen LogP contribution in [0.1, 0.15) is 24.0 Å². The zero-order valence-corrected chi connectivity index (χ0v) is 18.0. The molecular weight excluding hydrogens is 424 g/mol. The number of rotatable bonds is 5. The molecule has 6 rings (SSSR count). The largest absolute Gasteiger partial charge is 0.472 e. The minimum Gasteiger partial charge on any atom is -0.472 e. The Morgan fingerprint density at radius 1 is 1.09 bits per heavy atom. The smallest absolute Gasteiger partial charge is 0.422 e. The van der Waals surface area contributed by atoms with Crippen molar-refractivity contribution in [1.29, 1.82) is 0 Å². The zero-order chi connectivity index (χ0) is 22.9. The summed E-state index contributed by atoms with van der Waals surface area (Å²) in [4.78, 5) is 26.6. The van der Waals surface area contributed by atoms with Crippen LogP contribution in [0.25, 0.3) is 0 Å². The number of amides is 2. The van der Waals surface area contributed by atoms with Crippen molar-refractivity contribution < 1.29 is 28.3 Å². The van der Waals surface area contributed by atoms with Gasteiger partial charge >= 0.3 is 12.0 Å². The minimum absolute atomic E-state index is 0.141. The average molecular weight is 449 g/mol. The van der Waals surface area contributed by atoms with E-state index >= 15 is 0 Å². The van der Waals surface area contributed by atoms with Gasteiger partial charge in [-0.3, -0.25) is 5.32 Å². The van der Waals surface area contributed by atoms with E-state index < -0.39 is 17.7 Å². The number of hydrogen-bond donors (Lipinski definition) is 2. The summed E-state index contributed by atoms with van der Waals surface area (Å²) in [5.74, 6) is -0.251. The van der Waals surface area contributed by atoms with Crippen molar-refractivity contribution in [2.75, 3.05) is 25.0 Å². The minimum atomic E-state index is -2.01. The molecule has 2 N–H and O–H groups in total. The normalized spacial score (nSPS) is 25.7. The lowest BCUT2D eigenvalue weighted by Crippen LogP contribution is -2.68. The number of urea groups is 1. The number of hydrogen-bond acceptors (Lipinski definition) is 7. The van der Waals surface area contributed by atoms with Gasteiger partial charge in [0, 0.05) is 30.5 Å². The molecule has 3 aromatic rings. The first-order valence-corrected chi connectivity index (χ1v) is 11.0. The number of carbonyl (C=O) groups excluding carboxylic acids is 2. The Hall–Kier alpha value is -3.56. The number of nitrogens with one attached hydrogen (secondary N) is 1. The highest BCUT2D eigenvalue weighted by molar-refractivity contribution is 5.85. The highest BCUT2D eigenvalue weighted by Gasteiger charge is 2.54. The summed E-state index contributed by atoms with van der Waals surface area (Å²) in [6.45, 7) is 1.67. The van der Waals surface area contributed by atoms with E-state index in [1.54, 1.807) is 42.5 Å². The molecule has 9 heteroatoms. The Kier molecular flexibility index (Phi) is 5.43. The van der Waals surface area contributed by atoms with Crippen LogP contribution in [-0.2, 0) is 15.1 Å². The van der Waals surface area contributed by atoms with Gasteiger partial charge in [0.15, 0.2) is 11.9 Å². The number of benzene rings is 1. The van der Waals surface area contributed by atoms with Crippen LogP contribution in [0.4, 0.5) is 10.6 Å². The number of quaternary nitrogens is 1. The summed E-state index contributed by atoms with van der Waals surface area (Å²) in [6.07, 6.45) is 5.30. The fourth-order valence-corrected chi connectivity index (χ4v) is 4.92. The van der Waals surface area contributed by atoms with E-state index in [1.807, 2.05) is 6.07 Å². The van der Waals surface area contributed by atoms with Gasteiger partial charge in [-0.05, 0) is 23.8 Å². The number of esters is 1. The topological polar surface area (TPSA) is 115 Å². The number of aromatic nitrogens is 2. The van der Waals surface area contributed by atoms with Gasteiger partial charge in [0.2, 0.25) is 5.60 Å². The van der Waals surface area contributed by atoms with Crippen molar-refractivity contribution in [2.45, 2.75) is 24.5 Å². The van der Waals surface area contributed by atoms with Crippen LogP contribution in [0.2, 0.25) is 0 Å². The van der Waals surface area contributed by atoms with Gasteiger partial charge in [0.25, 0.3) is 0 Å². The number of anilines is 1. The van der Waals surface area contributed by atoms with Crippen molar-refractivity contribution in [3.63, 3.8) is 0 Å². The van der Waals surface area contributed by atoms with Gasteiger partial charge in [0.1, 0.15) is 6.54 Å². The molecule has 3 aliphatic heterocycles. The molecule has 2 amide bonds. The van der Waals surface area contributed by atoms with Crippen molar-refractivity contribution in [1.82, 2.24) is 10.2 Å². The molecule has 170 valence electrons. The monoisotopic (exact) mass is 449 g/mol. The van der Waals surface area contributed by atoms with Crippen molar-refractivity contribution >= 4 is 17.8 Å². The van der Waals surface area contributed by atoms with Crippen LogP contribution in [-0.4, -0.2) is 57.5 Å². The molecule has 2 aromatic heterocycles. The molecule has 0 saturated carbocycles. The summed E-state index contributed by atoms with van der Waals surface area (Å²) in [5, 5.41) is 22.1. The Bertz CT molecular complexity index is 1110. The van der Waals surface area contributed by atoms with E-state index in [2.05, 4.69) is 15.5 Å². The second-order valence-corrected chi connectivity index (χ2v) is 8.68. The maximum absolute atomic E-state index is 13.4. The molecule has 3 saturated heterocycles. The third-order valence-electron chi connectivity index (χ3n) is 6.83. The van der Waals surface area contributed by atoms with Crippen LogP contribution >= 0.6 is 0 Å². The first-order chi connectivity index (χ1) is 16.0. The lowest BCUT2D eigenvalue weighted by molar-refractivity contribution is -0.869. The number of carbonyl (C=O) groups is 2. The van der Waals surface area contributed by atoms with Crippen LogP contribution in [0.5, 0.6) is 0 Å². The predicted molar refractivity (Wildman–Crippen MR) is 117 cm³/mol. The number of fused-ring (bicyclic) bond motifs is 3. The number of piperidine rings is 3. The predicted octanol–water partition coefficient (Wildman–Crippen LogP) is 2.69. The number of aliphatic hydroxyl groups is 1. The Morgan fingerprint density at radius 2 is 1.88 bits per heavy atom. The lowest BCUT2D eigenvalue weighted by atomic mass is 9.83. The van der Waals surface area contributed by atoms with Gasteiger partial charge in [-0.15, -0.1) is 5.10 Å². The molecule has 1 unspecified atom stereocenters. The first kappa shape index (κ1) is 21.3. The van der Waals surface area contributed by atoms with E-state index in [1.165, 1.54) is 18.7 Å². The van der Waals surface area contributed by atoms with E-state index in [4.69, 9.17) is 9.15 Å². The molecule has 33 heavy (non-hydrogen) atoms. The van der Waals surface area contributed by atoms with E-state index in [0.717, 1.165) is 12.8 Å². The number of ether oxygens (including phenoxy) is 1. The molecule has 2 atom stereocenters. The summed E-state index contributed by atoms with van der Waals surface area (Å²) in [5.41, 5.74) is -1.32. The Morgan fingerprint density at radius 3 is 2.55 bits per heavy atom. The number of nitrogens with zero attached hydrogens (tertiary/aromatic N) is 3. The van der Waals surface area contributed by atoms with Gasteiger partial charge in [-0.25, -0.2) is 14.1 Å². The molecule has 0 spiro atoms. The van der Waals surface area contributed by atoms with Crippen LogP contribution in [0.15, 0.2) is 71.7 Å².